The van der Waals surface area contributed by atoms with E-state index in [1.165, 1.54) is 20.3 Å². The summed E-state index contributed by atoms with van der Waals surface area (Å²) in [6.07, 6.45) is 3.34. The van der Waals surface area contributed by atoms with Crippen LogP contribution in [-0.4, -0.2) is 25.2 Å². The summed E-state index contributed by atoms with van der Waals surface area (Å²) in [7, 11) is 2.99. The average molecular weight is 280 g/mol. The first-order valence-electron chi connectivity index (χ1n) is 6.73. The fourth-order valence-corrected chi connectivity index (χ4v) is 2.69. The summed E-state index contributed by atoms with van der Waals surface area (Å²) in [5.74, 6) is 1.37. The van der Waals surface area contributed by atoms with Crippen LogP contribution >= 0.6 is 0 Å². The van der Waals surface area contributed by atoms with Crippen LogP contribution < -0.4 is 14.8 Å². The van der Waals surface area contributed by atoms with Crippen molar-refractivity contribution in [3.05, 3.63) is 22.2 Å². The van der Waals surface area contributed by atoms with Gasteiger partial charge in [-0.25, -0.2) is 0 Å². The highest BCUT2D eigenvalue weighted by molar-refractivity contribution is 5.68. The van der Waals surface area contributed by atoms with Crippen molar-refractivity contribution in [2.24, 2.45) is 5.92 Å². The van der Waals surface area contributed by atoms with Crippen LogP contribution in [0, 0.1) is 16.0 Å². The number of benzene rings is 1. The van der Waals surface area contributed by atoms with Crippen LogP contribution in [0.15, 0.2) is 12.1 Å². The van der Waals surface area contributed by atoms with Crippen LogP contribution in [-0.2, 0) is 0 Å². The van der Waals surface area contributed by atoms with E-state index in [1.54, 1.807) is 6.07 Å². The zero-order chi connectivity index (χ0) is 14.7. The van der Waals surface area contributed by atoms with Crippen LogP contribution in [0.2, 0.25) is 0 Å². The molecule has 1 fully saturated rings. The van der Waals surface area contributed by atoms with E-state index >= 15 is 0 Å². The number of nitro groups is 1. The largest absolute Gasteiger partial charge is 0.493 e. The molecule has 0 amide bonds. The van der Waals surface area contributed by atoms with Gasteiger partial charge in [0.25, 0.3) is 5.69 Å². The first-order valence-corrected chi connectivity index (χ1v) is 6.73. The molecule has 1 saturated carbocycles. The number of rotatable bonds is 5. The summed E-state index contributed by atoms with van der Waals surface area (Å²) >= 11 is 0. The lowest BCUT2D eigenvalue weighted by atomic mass is 10.1. The van der Waals surface area contributed by atoms with Crippen molar-refractivity contribution >= 4 is 11.4 Å². The van der Waals surface area contributed by atoms with E-state index in [-0.39, 0.29) is 11.7 Å². The van der Waals surface area contributed by atoms with Gasteiger partial charge in [-0.05, 0) is 18.8 Å². The van der Waals surface area contributed by atoms with Crippen LogP contribution in [0.3, 0.4) is 0 Å². The lowest BCUT2D eigenvalue weighted by Gasteiger charge is -2.19. The van der Waals surface area contributed by atoms with E-state index in [9.17, 15) is 10.1 Å². The van der Waals surface area contributed by atoms with E-state index in [0.29, 0.717) is 23.1 Å². The van der Waals surface area contributed by atoms with Crippen molar-refractivity contribution < 1.29 is 14.4 Å². The predicted octanol–water partition coefficient (Wildman–Crippen LogP) is 3.21. The number of hydrogen-bond acceptors (Lipinski definition) is 5. The molecule has 6 heteroatoms. The summed E-state index contributed by atoms with van der Waals surface area (Å²) in [6, 6.07) is 3.31. The van der Waals surface area contributed by atoms with E-state index in [4.69, 9.17) is 9.47 Å². The summed E-state index contributed by atoms with van der Waals surface area (Å²) in [6.45, 7) is 2.16. The maximum atomic E-state index is 11.2. The number of anilines is 1. The van der Waals surface area contributed by atoms with Gasteiger partial charge in [-0.1, -0.05) is 13.3 Å². The number of methoxy groups -OCH3 is 2. The zero-order valence-corrected chi connectivity index (χ0v) is 12.0. The van der Waals surface area contributed by atoms with Crippen molar-refractivity contribution in [1.29, 1.82) is 0 Å². The predicted molar refractivity (Wildman–Crippen MR) is 76.6 cm³/mol. The average Bonchev–Trinajstić information content (AvgIpc) is 2.83. The lowest BCUT2D eigenvalue weighted by molar-refractivity contribution is -0.384. The molecule has 1 N–H and O–H groups in total. The van der Waals surface area contributed by atoms with Gasteiger partial charge >= 0.3 is 0 Å². The van der Waals surface area contributed by atoms with E-state index in [1.807, 2.05) is 0 Å². The number of ether oxygens (including phenoxy) is 2. The molecule has 2 unspecified atom stereocenters. The molecular weight excluding hydrogens is 260 g/mol. The van der Waals surface area contributed by atoms with Crippen LogP contribution in [0.25, 0.3) is 0 Å². The van der Waals surface area contributed by atoms with Gasteiger partial charge in [-0.15, -0.1) is 0 Å². The minimum absolute atomic E-state index is 0.0155. The number of nitro benzene ring substituents is 1. The second-order valence-electron chi connectivity index (χ2n) is 5.14. The highest BCUT2D eigenvalue weighted by atomic mass is 16.6. The third-order valence-corrected chi connectivity index (χ3v) is 3.90. The fourth-order valence-electron chi connectivity index (χ4n) is 2.69. The Bertz CT molecular complexity index is 504. The number of hydrogen-bond donors (Lipinski definition) is 1. The Morgan fingerprint density at radius 1 is 1.25 bits per heavy atom. The number of nitrogens with one attached hydrogen (secondary N) is 1. The maximum absolute atomic E-state index is 11.2. The molecule has 1 aliphatic carbocycles. The summed E-state index contributed by atoms with van der Waals surface area (Å²) in [5.41, 5.74) is 0.508. The molecule has 0 radical (unpaired) electrons. The molecule has 1 aliphatic rings. The van der Waals surface area contributed by atoms with Crippen molar-refractivity contribution in [2.45, 2.75) is 32.2 Å². The van der Waals surface area contributed by atoms with Gasteiger partial charge in [0.1, 0.15) is 5.69 Å². The van der Waals surface area contributed by atoms with Crippen molar-refractivity contribution in [1.82, 2.24) is 0 Å². The molecule has 1 aromatic rings. The van der Waals surface area contributed by atoms with Crippen LogP contribution in [0.5, 0.6) is 11.5 Å². The fraction of sp³-hybridized carbons (Fsp3) is 0.571. The normalized spacial score (nSPS) is 21.6. The molecule has 0 aromatic heterocycles. The maximum Gasteiger partial charge on any atom is 0.296 e. The molecule has 0 heterocycles. The van der Waals surface area contributed by atoms with Gasteiger partial charge in [0.15, 0.2) is 11.5 Å². The van der Waals surface area contributed by atoms with Crippen LogP contribution in [0.1, 0.15) is 26.2 Å². The molecular formula is C14H20N2O4. The second-order valence-corrected chi connectivity index (χ2v) is 5.14. The van der Waals surface area contributed by atoms with Crippen molar-refractivity contribution in [3.8, 4) is 11.5 Å². The molecule has 0 saturated heterocycles. The standard InChI is InChI=1S/C14H20N2O4/c1-9-5-4-6-10(9)15-11-7-13(19-2)14(20-3)8-12(11)16(17)18/h7-10,15H,4-6H2,1-3H3. The second kappa shape index (κ2) is 5.98. The Kier molecular flexibility index (Phi) is 4.32. The van der Waals surface area contributed by atoms with Crippen LogP contribution in [0.4, 0.5) is 11.4 Å². The Balaban J connectivity index is 2.36. The Labute approximate surface area is 118 Å². The van der Waals surface area contributed by atoms with E-state index in [2.05, 4.69) is 12.2 Å². The molecule has 20 heavy (non-hydrogen) atoms. The molecule has 2 atom stereocenters. The summed E-state index contributed by atoms with van der Waals surface area (Å²) in [4.78, 5) is 10.8. The molecule has 110 valence electrons. The monoisotopic (exact) mass is 280 g/mol. The quantitative estimate of drug-likeness (QED) is 0.662. The number of nitrogens with zero attached hydrogens (tertiary/aromatic N) is 1. The SMILES string of the molecule is COc1cc(NC2CCCC2C)c([N+](=O)[O-])cc1OC. The van der Waals surface area contributed by atoms with E-state index in [0.717, 1.165) is 19.3 Å². The van der Waals surface area contributed by atoms with Gasteiger partial charge in [0.05, 0.1) is 25.2 Å². The third kappa shape index (κ3) is 2.79. The molecule has 1 aromatic carbocycles. The molecule has 0 spiro atoms. The first kappa shape index (κ1) is 14.4. The van der Waals surface area contributed by atoms with Crippen molar-refractivity contribution in [3.63, 3.8) is 0 Å². The molecule has 6 nitrogen and oxygen atoms in total. The minimum Gasteiger partial charge on any atom is -0.493 e. The van der Waals surface area contributed by atoms with Gasteiger partial charge in [0.2, 0.25) is 0 Å². The van der Waals surface area contributed by atoms with Gasteiger partial charge in [0, 0.05) is 12.1 Å². The minimum atomic E-state index is -0.399. The molecule has 0 bridgehead atoms. The van der Waals surface area contributed by atoms with Gasteiger partial charge in [-0.2, -0.15) is 0 Å². The van der Waals surface area contributed by atoms with Crippen molar-refractivity contribution in [2.75, 3.05) is 19.5 Å². The highest BCUT2D eigenvalue weighted by Crippen LogP contribution is 2.39. The summed E-state index contributed by atoms with van der Waals surface area (Å²) in [5, 5.41) is 14.5. The highest BCUT2D eigenvalue weighted by Gasteiger charge is 2.27. The smallest absolute Gasteiger partial charge is 0.296 e. The first-order chi connectivity index (χ1) is 9.56. The topological polar surface area (TPSA) is 73.6 Å². The Morgan fingerprint density at radius 2 is 1.90 bits per heavy atom. The third-order valence-electron chi connectivity index (χ3n) is 3.90. The van der Waals surface area contributed by atoms with Gasteiger partial charge < -0.3 is 14.8 Å². The Morgan fingerprint density at radius 3 is 2.40 bits per heavy atom. The lowest BCUT2D eigenvalue weighted by Crippen LogP contribution is -2.22. The molecule has 0 aliphatic heterocycles. The molecule has 2 rings (SSSR count). The zero-order valence-electron chi connectivity index (χ0n) is 12.0. The van der Waals surface area contributed by atoms with E-state index < -0.39 is 4.92 Å². The van der Waals surface area contributed by atoms with Gasteiger partial charge in [-0.3, -0.25) is 10.1 Å². The Hall–Kier alpha value is -1.98. The summed E-state index contributed by atoms with van der Waals surface area (Å²) < 4.78 is 10.3.